The summed E-state index contributed by atoms with van der Waals surface area (Å²) in [6.07, 6.45) is 1.03. The summed E-state index contributed by atoms with van der Waals surface area (Å²) < 4.78 is 0. The Morgan fingerprint density at radius 3 is 2.58 bits per heavy atom. The first kappa shape index (κ1) is 16.4. The Kier molecular flexibility index (Phi) is 5.77. The van der Waals surface area contributed by atoms with E-state index in [1.54, 1.807) is 11.3 Å². The van der Waals surface area contributed by atoms with Crippen LogP contribution >= 0.6 is 11.3 Å². The molecule has 0 spiro atoms. The lowest BCUT2D eigenvalue weighted by Crippen LogP contribution is -2.16. The predicted molar refractivity (Wildman–Crippen MR) is 103 cm³/mol. The van der Waals surface area contributed by atoms with Crippen molar-refractivity contribution in [1.82, 2.24) is 5.32 Å². The number of nitrogens with one attached hydrogen (secondary N) is 1. The molecule has 0 fully saturated rings. The molecule has 1 heterocycles. The molecule has 0 aliphatic carbocycles. The second kappa shape index (κ2) is 8.43. The number of hydrogen-bond acceptors (Lipinski definition) is 3. The third-order valence-corrected chi connectivity index (χ3v) is 4.59. The Hall–Kier alpha value is -2.43. The maximum atomic E-state index is 6.05. The van der Waals surface area contributed by atoms with Crippen LogP contribution in [0.4, 0.5) is 5.69 Å². The molecule has 3 aromatic rings. The molecule has 0 unspecified atom stereocenters. The fourth-order valence-electron chi connectivity index (χ4n) is 2.46. The predicted octanol–water partition coefficient (Wildman–Crippen LogP) is 4.12. The van der Waals surface area contributed by atoms with Gasteiger partial charge in [0.25, 0.3) is 0 Å². The first-order valence-corrected chi connectivity index (χ1v) is 8.91. The molecular formula is C20H21N3S. The monoisotopic (exact) mass is 335 g/mol. The largest absolute Gasteiger partial charge is 0.383 e. The second-order valence-electron chi connectivity index (χ2n) is 5.56. The number of thiophene rings is 1. The minimum atomic E-state index is 0.569. The molecule has 0 bridgehead atoms. The van der Waals surface area contributed by atoms with E-state index in [9.17, 15) is 0 Å². The van der Waals surface area contributed by atoms with Crippen molar-refractivity contribution in [3.05, 3.63) is 88.1 Å². The van der Waals surface area contributed by atoms with Gasteiger partial charge in [-0.3, -0.25) is 0 Å². The second-order valence-corrected chi connectivity index (χ2v) is 6.50. The highest BCUT2D eigenvalue weighted by atomic mass is 32.1. The zero-order valence-corrected chi connectivity index (χ0v) is 14.3. The van der Waals surface area contributed by atoms with Gasteiger partial charge in [0, 0.05) is 6.54 Å². The fraction of sp³-hybridized carbons (Fsp3) is 0.150. The van der Waals surface area contributed by atoms with Gasteiger partial charge in [-0.2, -0.15) is 0 Å². The Morgan fingerprint density at radius 1 is 0.958 bits per heavy atom. The molecule has 0 aliphatic heterocycles. The van der Waals surface area contributed by atoms with Crippen LogP contribution in [-0.4, -0.2) is 12.4 Å². The molecule has 0 saturated carbocycles. The first-order valence-electron chi connectivity index (χ1n) is 8.03. The van der Waals surface area contributed by atoms with Crippen LogP contribution in [0.1, 0.15) is 16.0 Å². The van der Waals surface area contributed by atoms with Crippen molar-refractivity contribution in [3.8, 4) is 0 Å². The van der Waals surface area contributed by atoms with E-state index in [1.165, 1.54) is 11.1 Å². The summed E-state index contributed by atoms with van der Waals surface area (Å²) >= 11 is 1.60. The average Bonchev–Trinajstić information content (AvgIpc) is 3.15. The van der Waals surface area contributed by atoms with E-state index in [4.69, 9.17) is 5.73 Å². The number of nitrogens with two attached hydrogens (primary N) is 1. The minimum absolute atomic E-state index is 0.569. The van der Waals surface area contributed by atoms with E-state index in [0.29, 0.717) is 5.84 Å². The molecule has 0 saturated heterocycles. The molecule has 2 aromatic carbocycles. The maximum absolute atomic E-state index is 6.05. The molecular weight excluding hydrogens is 314 g/mol. The van der Waals surface area contributed by atoms with E-state index >= 15 is 0 Å². The molecule has 0 radical (unpaired) electrons. The van der Waals surface area contributed by atoms with Crippen molar-refractivity contribution >= 4 is 22.9 Å². The van der Waals surface area contributed by atoms with Gasteiger partial charge in [0.05, 0.1) is 10.6 Å². The van der Waals surface area contributed by atoms with Gasteiger partial charge in [-0.05, 0) is 47.7 Å². The Morgan fingerprint density at radius 2 is 1.79 bits per heavy atom. The molecule has 0 aliphatic rings. The van der Waals surface area contributed by atoms with E-state index in [2.05, 4.69) is 46.7 Å². The van der Waals surface area contributed by atoms with Crippen LogP contribution in [0.5, 0.6) is 0 Å². The third kappa shape index (κ3) is 4.78. The quantitative estimate of drug-likeness (QED) is 0.388. The number of aliphatic imine (C=N–C) groups is 1. The summed E-state index contributed by atoms with van der Waals surface area (Å²) in [5, 5.41) is 5.49. The lowest BCUT2D eigenvalue weighted by atomic mass is 10.1. The van der Waals surface area contributed by atoms with Crippen LogP contribution in [0.25, 0.3) is 0 Å². The van der Waals surface area contributed by atoms with Crippen LogP contribution in [0, 0.1) is 0 Å². The number of nitrogens with zero attached hydrogens (tertiary/aromatic N) is 1. The van der Waals surface area contributed by atoms with Gasteiger partial charge in [-0.1, -0.05) is 48.5 Å². The van der Waals surface area contributed by atoms with Crippen LogP contribution in [0.2, 0.25) is 0 Å². The number of amidine groups is 1. The minimum Gasteiger partial charge on any atom is -0.383 e. The maximum Gasteiger partial charge on any atom is 0.141 e. The van der Waals surface area contributed by atoms with E-state index in [0.717, 1.165) is 30.1 Å². The summed E-state index contributed by atoms with van der Waals surface area (Å²) in [5.74, 6) is 0.569. The molecule has 1 aromatic heterocycles. The normalized spacial score (nSPS) is 11.6. The lowest BCUT2D eigenvalue weighted by Gasteiger charge is -2.06. The molecule has 122 valence electrons. The van der Waals surface area contributed by atoms with Crippen LogP contribution < -0.4 is 11.1 Å². The molecule has 24 heavy (non-hydrogen) atoms. The van der Waals surface area contributed by atoms with Crippen molar-refractivity contribution < 1.29 is 0 Å². The van der Waals surface area contributed by atoms with Crippen LogP contribution in [0.15, 0.2) is 77.1 Å². The SMILES string of the molecule is NC(=Nc1cccc(CNCCc2ccccc2)c1)c1cccs1. The average molecular weight is 335 g/mol. The highest BCUT2D eigenvalue weighted by Gasteiger charge is 2.01. The van der Waals surface area contributed by atoms with Crippen molar-refractivity contribution in [2.75, 3.05) is 6.54 Å². The zero-order valence-electron chi connectivity index (χ0n) is 13.5. The van der Waals surface area contributed by atoms with Crippen molar-refractivity contribution in [3.63, 3.8) is 0 Å². The van der Waals surface area contributed by atoms with Crippen molar-refractivity contribution in [1.29, 1.82) is 0 Å². The molecule has 0 atom stereocenters. The third-order valence-electron chi connectivity index (χ3n) is 3.70. The Bertz CT molecular complexity index is 780. The molecule has 0 amide bonds. The standard InChI is InChI=1S/C20H21N3S/c21-20(19-10-5-13-24-19)23-18-9-4-8-17(14-18)15-22-12-11-16-6-2-1-3-7-16/h1-10,13-14,22H,11-12,15H2,(H2,21,23). The van der Waals surface area contributed by atoms with E-state index in [1.807, 2.05) is 35.7 Å². The zero-order chi connectivity index (χ0) is 16.6. The van der Waals surface area contributed by atoms with Gasteiger partial charge in [0.2, 0.25) is 0 Å². The van der Waals surface area contributed by atoms with E-state index < -0.39 is 0 Å². The number of rotatable bonds is 7. The topological polar surface area (TPSA) is 50.4 Å². The summed E-state index contributed by atoms with van der Waals surface area (Å²) in [6.45, 7) is 1.78. The number of benzene rings is 2. The van der Waals surface area contributed by atoms with Crippen LogP contribution in [0.3, 0.4) is 0 Å². The van der Waals surface area contributed by atoms with Gasteiger partial charge in [-0.25, -0.2) is 4.99 Å². The molecule has 3 nitrogen and oxygen atoms in total. The molecule has 4 heteroatoms. The Labute approximate surface area is 146 Å². The summed E-state index contributed by atoms with van der Waals surface area (Å²) in [7, 11) is 0. The highest BCUT2D eigenvalue weighted by molar-refractivity contribution is 7.12. The Balaban J connectivity index is 1.54. The smallest absolute Gasteiger partial charge is 0.141 e. The molecule has 3 rings (SSSR count). The van der Waals surface area contributed by atoms with Gasteiger partial charge in [-0.15, -0.1) is 11.3 Å². The summed E-state index contributed by atoms with van der Waals surface area (Å²) in [4.78, 5) is 5.52. The van der Waals surface area contributed by atoms with Crippen LogP contribution in [-0.2, 0) is 13.0 Å². The van der Waals surface area contributed by atoms with Crippen molar-refractivity contribution in [2.45, 2.75) is 13.0 Å². The first-order chi connectivity index (χ1) is 11.8. The summed E-state index contributed by atoms with van der Waals surface area (Å²) in [6, 6.07) is 22.7. The summed E-state index contributed by atoms with van der Waals surface area (Å²) in [5.41, 5.74) is 9.51. The van der Waals surface area contributed by atoms with Crippen molar-refractivity contribution in [2.24, 2.45) is 10.7 Å². The number of hydrogen-bond donors (Lipinski definition) is 2. The van der Waals surface area contributed by atoms with Gasteiger partial charge < -0.3 is 11.1 Å². The van der Waals surface area contributed by atoms with Gasteiger partial charge in [0.15, 0.2) is 0 Å². The van der Waals surface area contributed by atoms with Gasteiger partial charge in [0.1, 0.15) is 5.84 Å². The van der Waals surface area contributed by atoms with Gasteiger partial charge >= 0.3 is 0 Å². The van der Waals surface area contributed by atoms with E-state index in [-0.39, 0.29) is 0 Å². The lowest BCUT2D eigenvalue weighted by molar-refractivity contribution is 0.687. The fourth-order valence-corrected chi connectivity index (χ4v) is 3.09. The highest BCUT2D eigenvalue weighted by Crippen LogP contribution is 2.17. The molecule has 3 N–H and O–H groups in total.